The number of piperidine rings is 1. The highest BCUT2D eigenvalue weighted by molar-refractivity contribution is 4.96. The summed E-state index contributed by atoms with van der Waals surface area (Å²) in [7, 11) is 0. The first-order chi connectivity index (χ1) is 7.68. The molecule has 0 aromatic rings. The highest BCUT2D eigenvalue weighted by Gasteiger charge is 2.45. The van der Waals surface area contributed by atoms with Gasteiger partial charge in [-0.1, -0.05) is 20.8 Å². The van der Waals surface area contributed by atoms with Crippen molar-refractivity contribution in [3.63, 3.8) is 0 Å². The molecular weight excluding hydrogens is 198 g/mol. The standard InChI is InChI=1S/C14H27NO/c1-4-12-9-14(6-8-16-12)5-7-15-10-13(14)11(2)3/h11-13,15H,4-10H2,1-3H3. The molecule has 1 spiro atoms. The highest BCUT2D eigenvalue weighted by atomic mass is 16.5. The van der Waals surface area contributed by atoms with Crippen LogP contribution < -0.4 is 5.32 Å². The van der Waals surface area contributed by atoms with Crippen LogP contribution in [0.5, 0.6) is 0 Å². The minimum absolute atomic E-state index is 0.521. The van der Waals surface area contributed by atoms with Crippen LogP contribution in [0.1, 0.15) is 46.5 Å². The molecule has 3 atom stereocenters. The normalized spacial score (nSPS) is 40.5. The van der Waals surface area contributed by atoms with Gasteiger partial charge in [0.2, 0.25) is 0 Å². The summed E-state index contributed by atoms with van der Waals surface area (Å²) in [6.07, 6.45) is 5.64. The van der Waals surface area contributed by atoms with E-state index in [0.717, 1.165) is 18.4 Å². The third-order valence-electron chi connectivity index (χ3n) is 4.80. The molecule has 0 aromatic carbocycles. The largest absolute Gasteiger partial charge is 0.378 e. The van der Waals surface area contributed by atoms with Gasteiger partial charge in [0.15, 0.2) is 0 Å². The SMILES string of the molecule is CCC1CC2(CCNCC2C(C)C)CCO1. The molecule has 16 heavy (non-hydrogen) atoms. The quantitative estimate of drug-likeness (QED) is 0.780. The maximum absolute atomic E-state index is 5.86. The summed E-state index contributed by atoms with van der Waals surface area (Å²) < 4.78 is 5.86. The Balaban J connectivity index is 2.12. The summed E-state index contributed by atoms with van der Waals surface area (Å²) >= 11 is 0. The van der Waals surface area contributed by atoms with Gasteiger partial charge in [-0.2, -0.15) is 0 Å². The van der Waals surface area contributed by atoms with Gasteiger partial charge in [0, 0.05) is 6.61 Å². The van der Waals surface area contributed by atoms with Crippen LogP contribution in [-0.4, -0.2) is 25.8 Å². The highest BCUT2D eigenvalue weighted by Crippen LogP contribution is 2.47. The third-order valence-corrected chi connectivity index (χ3v) is 4.80. The van der Waals surface area contributed by atoms with Crippen molar-refractivity contribution >= 4 is 0 Å². The lowest BCUT2D eigenvalue weighted by atomic mass is 9.61. The molecule has 2 saturated heterocycles. The summed E-state index contributed by atoms with van der Waals surface area (Å²) in [5.41, 5.74) is 0.582. The van der Waals surface area contributed by atoms with Crippen LogP contribution in [0.2, 0.25) is 0 Å². The zero-order valence-electron chi connectivity index (χ0n) is 11.1. The Morgan fingerprint density at radius 1 is 1.38 bits per heavy atom. The zero-order chi connectivity index (χ0) is 11.6. The van der Waals surface area contributed by atoms with Crippen molar-refractivity contribution in [2.24, 2.45) is 17.3 Å². The molecular formula is C14H27NO. The van der Waals surface area contributed by atoms with E-state index in [1.807, 2.05) is 0 Å². The zero-order valence-corrected chi connectivity index (χ0v) is 11.1. The molecule has 3 unspecified atom stereocenters. The average molecular weight is 225 g/mol. The van der Waals surface area contributed by atoms with Crippen LogP contribution in [0.25, 0.3) is 0 Å². The van der Waals surface area contributed by atoms with Gasteiger partial charge in [0.05, 0.1) is 6.10 Å². The van der Waals surface area contributed by atoms with E-state index in [1.165, 1.54) is 38.8 Å². The smallest absolute Gasteiger partial charge is 0.0578 e. The Morgan fingerprint density at radius 3 is 2.88 bits per heavy atom. The fourth-order valence-corrected chi connectivity index (χ4v) is 3.81. The van der Waals surface area contributed by atoms with Gasteiger partial charge in [-0.05, 0) is 56.0 Å². The Morgan fingerprint density at radius 2 is 2.19 bits per heavy atom. The molecule has 0 amide bonds. The average Bonchev–Trinajstić information content (AvgIpc) is 2.29. The second-order valence-corrected chi connectivity index (χ2v) is 6.02. The maximum Gasteiger partial charge on any atom is 0.0578 e. The van der Waals surface area contributed by atoms with Gasteiger partial charge in [-0.3, -0.25) is 0 Å². The van der Waals surface area contributed by atoms with Gasteiger partial charge in [-0.25, -0.2) is 0 Å². The summed E-state index contributed by atoms with van der Waals surface area (Å²) in [6.45, 7) is 10.4. The van der Waals surface area contributed by atoms with Gasteiger partial charge >= 0.3 is 0 Å². The second-order valence-electron chi connectivity index (χ2n) is 6.02. The van der Waals surface area contributed by atoms with Crippen molar-refractivity contribution in [3.05, 3.63) is 0 Å². The first-order valence-electron chi connectivity index (χ1n) is 7.00. The van der Waals surface area contributed by atoms with E-state index in [0.29, 0.717) is 11.5 Å². The van der Waals surface area contributed by atoms with E-state index < -0.39 is 0 Å². The van der Waals surface area contributed by atoms with Crippen LogP contribution in [0.3, 0.4) is 0 Å². The molecule has 2 aliphatic rings. The van der Waals surface area contributed by atoms with Crippen molar-refractivity contribution in [1.82, 2.24) is 5.32 Å². The van der Waals surface area contributed by atoms with E-state index in [9.17, 15) is 0 Å². The number of ether oxygens (including phenoxy) is 1. The van der Waals surface area contributed by atoms with Crippen molar-refractivity contribution < 1.29 is 4.74 Å². The van der Waals surface area contributed by atoms with Gasteiger partial charge in [0.1, 0.15) is 0 Å². The van der Waals surface area contributed by atoms with Gasteiger partial charge < -0.3 is 10.1 Å². The van der Waals surface area contributed by atoms with Crippen LogP contribution in [0.15, 0.2) is 0 Å². The summed E-state index contributed by atoms with van der Waals surface area (Å²) in [5.74, 6) is 1.64. The minimum Gasteiger partial charge on any atom is -0.378 e. The molecule has 2 nitrogen and oxygen atoms in total. The van der Waals surface area contributed by atoms with Crippen LogP contribution in [0, 0.1) is 17.3 Å². The number of rotatable bonds is 2. The minimum atomic E-state index is 0.521. The Hall–Kier alpha value is -0.0800. The number of hydrogen-bond acceptors (Lipinski definition) is 2. The first kappa shape index (κ1) is 12.4. The first-order valence-corrected chi connectivity index (χ1v) is 7.00. The molecule has 2 rings (SSSR count). The second kappa shape index (κ2) is 5.05. The molecule has 1 N–H and O–H groups in total. The Kier molecular flexibility index (Phi) is 3.91. The molecule has 0 radical (unpaired) electrons. The maximum atomic E-state index is 5.86. The Labute approximate surface area is 100 Å². The fraction of sp³-hybridized carbons (Fsp3) is 1.00. The lowest BCUT2D eigenvalue weighted by molar-refractivity contribution is -0.0923. The number of nitrogens with one attached hydrogen (secondary N) is 1. The molecule has 2 aliphatic heterocycles. The van der Waals surface area contributed by atoms with Crippen molar-refractivity contribution in [3.8, 4) is 0 Å². The topological polar surface area (TPSA) is 21.3 Å². The molecule has 0 aliphatic carbocycles. The van der Waals surface area contributed by atoms with Crippen LogP contribution in [-0.2, 0) is 4.74 Å². The van der Waals surface area contributed by atoms with Crippen LogP contribution >= 0.6 is 0 Å². The number of hydrogen-bond donors (Lipinski definition) is 1. The summed E-state index contributed by atoms with van der Waals surface area (Å²) in [6, 6.07) is 0. The van der Waals surface area contributed by atoms with Crippen LogP contribution in [0.4, 0.5) is 0 Å². The fourth-order valence-electron chi connectivity index (χ4n) is 3.81. The van der Waals surface area contributed by atoms with Crippen molar-refractivity contribution in [1.29, 1.82) is 0 Å². The molecule has 0 saturated carbocycles. The molecule has 2 heteroatoms. The lowest BCUT2D eigenvalue weighted by Crippen LogP contribution is -2.51. The summed E-state index contributed by atoms with van der Waals surface area (Å²) in [5, 5.41) is 3.58. The van der Waals surface area contributed by atoms with E-state index in [2.05, 4.69) is 26.1 Å². The Bertz CT molecular complexity index is 225. The van der Waals surface area contributed by atoms with Crippen molar-refractivity contribution in [2.75, 3.05) is 19.7 Å². The molecule has 2 fully saturated rings. The predicted octanol–water partition coefficient (Wildman–Crippen LogP) is 2.83. The van der Waals surface area contributed by atoms with E-state index in [4.69, 9.17) is 4.74 Å². The third kappa shape index (κ3) is 2.28. The van der Waals surface area contributed by atoms with E-state index in [-0.39, 0.29) is 0 Å². The lowest BCUT2D eigenvalue weighted by Gasteiger charge is -2.50. The molecule has 0 aromatic heterocycles. The predicted molar refractivity (Wildman–Crippen MR) is 67.5 cm³/mol. The molecule has 2 heterocycles. The monoisotopic (exact) mass is 225 g/mol. The molecule has 94 valence electrons. The van der Waals surface area contributed by atoms with Gasteiger partial charge in [0.25, 0.3) is 0 Å². The van der Waals surface area contributed by atoms with Crippen molar-refractivity contribution in [2.45, 2.75) is 52.6 Å². The van der Waals surface area contributed by atoms with E-state index >= 15 is 0 Å². The molecule has 0 bridgehead atoms. The summed E-state index contributed by atoms with van der Waals surface area (Å²) in [4.78, 5) is 0. The van der Waals surface area contributed by atoms with Gasteiger partial charge in [-0.15, -0.1) is 0 Å². The van der Waals surface area contributed by atoms with E-state index in [1.54, 1.807) is 0 Å².